The van der Waals surface area contributed by atoms with E-state index in [0.717, 1.165) is 25.8 Å². The van der Waals surface area contributed by atoms with Gasteiger partial charge in [0.15, 0.2) is 0 Å². The Morgan fingerprint density at radius 1 is 1.56 bits per heavy atom. The van der Waals surface area contributed by atoms with Gasteiger partial charge in [-0.3, -0.25) is 4.79 Å². The van der Waals surface area contributed by atoms with E-state index in [1.807, 2.05) is 12.1 Å². The molecule has 2 N–H and O–H groups in total. The third-order valence-electron chi connectivity index (χ3n) is 3.20. The van der Waals surface area contributed by atoms with Crippen LogP contribution in [0.25, 0.3) is 0 Å². The van der Waals surface area contributed by atoms with Gasteiger partial charge in [-0.15, -0.1) is 0 Å². The van der Waals surface area contributed by atoms with Gasteiger partial charge in [-0.25, -0.2) is 0 Å². The molecular weight excluding hydrogens is 202 g/mol. The lowest BCUT2D eigenvalue weighted by Crippen LogP contribution is -2.22. The molecule has 0 saturated carbocycles. The topological polar surface area (TPSA) is 49.3 Å². The molecule has 0 heterocycles. The van der Waals surface area contributed by atoms with Crippen molar-refractivity contribution in [3.8, 4) is 5.75 Å². The molecule has 0 fully saturated rings. The number of carbonyl (C=O) groups is 1. The average molecular weight is 219 g/mol. The molecule has 0 saturated heterocycles. The Bertz CT molecular complexity index is 401. The van der Waals surface area contributed by atoms with Crippen LogP contribution < -0.4 is 5.32 Å². The standard InChI is InChI=1S/C13H17NO2/c1-9(15)14-7-6-11-3-2-10-4-5-12(16)8-13(10)11/h4-5,8,11,16H,2-3,6-7H2,1H3,(H,14,15). The van der Waals surface area contributed by atoms with Gasteiger partial charge in [0.25, 0.3) is 0 Å². The molecule has 0 aromatic heterocycles. The van der Waals surface area contributed by atoms with Crippen LogP contribution >= 0.6 is 0 Å². The molecule has 1 atom stereocenters. The first-order chi connectivity index (χ1) is 7.66. The van der Waals surface area contributed by atoms with E-state index in [-0.39, 0.29) is 5.91 Å². The second kappa shape index (κ2) is 4.56. The maximum atomic E-state index is 10.8. The summed E-state index contributed by atoms with van der Waals surface area (Å²) in [6.45, 7) is 2.25. The van der Waals surface area contributed by atoms with Crippen molar-refractivity contribution in [2.75, 3.05) is 6.54 Å². The van der Waals surface area contributed by atoms with Crippen LogP contribution in [-0.4, -0.2) is 17.6 Å². The summed E-state index contributed by atoms with van der Waals surface area (Å²) in [5.41, 5.74) is 2.59. The van der Waals surface area contributed by atoms with Gasteiger partial charge in [0.1, 0.15) is 5.75 Å². The van der Waals surface area contributed by atoms with Crippen LogP contribution in [0.2, 0.25) is 0 Å². The number of hydrogen-bond donors (Lipinski definition) is 2. The predicted molar refractivity (Wildman–Crippen MR) is 62.5 cm³/mol. The quantitative estimate of drug-likeness (QED) is 0.816. The smallest absolute Gasteiger partial charge is 0.216 e. The summed E-state index contributed by atoms with van der Waals surface area (Å²) in [4.78, 5) is 10.8. The normalized spacial score (nSPS) is 18.2. The molecule has 3 nitrogen and oxygen atoms in total. The summed E-state index contributed by atoms with van der Waals surface area (Å²) in [6, 6.07) is 5.61. The van der Waals surface area contributed by atoms with Crippen molar-refractivity contribution < 1.29 is 9.90 Å². The van der Waals surface area contributed by atoms with E-state index in [4.69, 9.17) is 0 Å². The van der Waals surface area contributed by atoms with Crippen LogP contribution in [0.5, 0.6) is 5.75 Å². The SMILES string of the molecule is CC(=O)NCCC1CCc2ccc(O)cc21. The lowest BCUT2D eigenvalue weighted by atomic mass is 9.97. The molecule has 2 rings (SSSR count). The molecule has 3 heteroatoms. The maximum Gasteiger partial charge on any atom is 0.216 e. The van der Waals surface area contributed by atoms with Gasteiger partial charge in [0.2, 0.25) is 5.91 Å². The van der Waals surface area contributed by atoms with Crippen molar-refractivity contribution in [2.45, 2.75) is 32.1 Å². The molecule has 16 heavy (non-hydrogen) atoms. The molecule has 1 aliphatic carbocycles. The highest BCUT2D eigenvalue weighted by atomic mass is 16.3. The number of nitrogens with one attached hydrogen (secondary N) is 1. The fourth-order valence-corrected chi connectivity index (χ4v) is 2.40. The molecule has 1 aromatic carbocycles. The Labute approximate surface area is 95.5 Å². The zero-order chi connectivity index (χ0) is 11.5. The third-order valence-corrected chi connectivity index (χ3v) is 3.20. The van der Waals surface area contributed by atoms with Gasteiger partial charge in [-0.1, -0.05) is 6.07 Å². The summed E-state index contributed by atoms with van der Waals surface area (Å²) < 4.78 is 0. The van der Waals surface area contributed by atoms with Crippen molar-refractivity contribution in [3.63, 3.8) is 0 Å². The summed E-state index contributed by atoms with van der Waals surface area (Å²) in [5.74, 6) is 0.841. The molecule has 86 valence electrons. The van der Waals surface area contributed by atoms with Crippen molar-refractivity contribution in [3.05, 3.63) is 29.3 Å². The lowest BCUT2D eigenvalue weighted by Gasteiger charge is -2.11. The number of aromatic hydroxyl groups is 1. The Morgan fingerprint density at radius 2 is 2.38 bits per heavy atom. The van der Waals surface area contributed by atoms with E-state index in [1.54, 1.807) is 6.07 Å². The summed E-state index contributed by atoms with van der Waals surface area (Å²) in [7, 11) is 0. The molecular formula is C13H17NO2. The number of phenols is 1. The minimum atomic E-state index is 0.0223. The monoisotopic (exact) mass is 219 g/mol. The third kappa shape index (κ3) is 2.35. The first-order valence-electron chi connectivity index (χ1n) is 5.73. The Hall–Kier alpha value is -1.51. The number of phenolic OH excluding ortho intramolecular Hbond substituents is 1. The number of aryl methyl sites for hydroxylation is 1. The van der Waals surface area contributed by atoms with Gasteiger partial charge in [0, 0.05) is 13.5 Å². The minimum Gasteiger partial charge on any atom is -0.508 e. The Morgan fingerprint density at radius 3 is 3.12 bits per heavy atom. The van der Waals surface area contributed by atoms with Gasteiger partial charge in [-0.2, -0.15) is 0 Å². The van der Waals surface area contributed by atoms with E-state index in [2.05, 4.69) is 5.32 Å². The predicted octanol–water partition coefficient (Wildman–Crippen LogP) is 1.95. The first kappa shape index (κ1) is 11.0. The van der Waals surface area contributed by atoms with Crippen molar-refractivity contribution >= 4 is 5.91 Å². The highest BCUT2D eigenvalue weighted by Crippen LogP contribution is 2.36. The molecule has 1 amide bonds. The average Bonchev–Trinajstić information content (AvgIpc) is 2.60. The van der Waals surface area contributed by atoms with Gasteiger partial charge in [0.05, 0.1) is 0 Å². The second-order valence-electron chi connectivity index (χ2n) is 4.39. The molecule has 1 aliphatic rings. The van der Waals surface area contributed by atoms with Crippen molar-refractivity contribution in [1.82, 2.24) is 5.32 Å². The van der Waals surface area contributed by atoms with Crippen LogP contribution in [0.1, 0.15) is 36.8 Å². The van der Waals surface area contributed by atoms with E-state index >= 15 is 0 Å². The van der Waals surface area contributed by atoms with E-state index in [1.165, 1.54) is 18.1 Å². The van der Waals surface area contributed by atoms with Crippen LogP contribution in [0.15, 0.2) is 18.2 Å². The molecule has 0 spiro atoms. The minimum absolute atomic E-state index is 0.0223. The van der Waals surface area contributed by atoms with Gasteiger partial charge < -0.3 is 10.4 Å². The molecule has 1 unspecified atom stereocenters. The maximum absolute atomic E-state index is 10.8. The highest BCUT2D eigenvalue weighted by molar-refractivity contribution is 5.72. The lowest BCUT2D eigenvalue weighted by molar-refractivity contribution is -0.118. The summed E-state index contributed by atoms with van der Waals surface area (Å²) in [5, 5.41) is 12.3. The molecule has 0 aliphatic heterocycles. The van der Waals surface area contributed by atoms with Crippen molar-refractivity contribution in [2.24, 2.45) is 0 Å². The molecule has 0 bridgehead atoms. The number of rotatable bonds is 3. The fraction of sp³-hybridized carbons (Fsp3) is 0.462. The van der Waals surface area contributed by atoms with E-state index < -0.39 is 0 Å². The van der Waals surface area contributed by atoms with Crippen LogP contribution in [0, 0.1) is 0 Å². The molecule has 0 radical (unpaired) electrons. The summed E-state index contributed by atoms with van der Waals surface area (Å²) >= 11 is 0. The summed E-state index contributed by atoms with van der Waals surface area (Å²) in [6.07, 6.45) is 3.16. The van der Waals surface area contributed by atoms with Crippen LogP contribution in [-0.2, 0) is 11.2 Å². The fourth-order valence-electron chi connectivity index (χ4n) is 2.40. The number of amides is 1. The second-order valence-corrected chi connectivity index (χ2v) is 4.39. The zero-order valence-corrected chi connectivity index (χ0v) is 9.49. The molecule has 1 aromatic rings. The van der Waals surface area contributed by atoms with Gasteiger partial charge >= 0.3 is 0 Å². The Kier molecular flexibility index (Phi) is 3.13. The Balaban J connectivity index is 2.00. The van der Waals surface area contributed by atoms with Gasteiger partial charge in [-0.05, 0) is 48.4 Å². The number of benzene rings is 1. The van der Waals surface area contributed by atoms with Crippen molar-refractivity contribution in [1.29, 1.82) is 0 Å². The first-order valence-corrected chi connectivity index (χ1v) is 5.73. The zero-order valence-electron chi connectivity index (χ0n) is 9.49. The van der Waals surface area contributed by atoms with E-state index in [0.29, 0.717) is 11.7 Å². The number of fused-ring (bicyclic) bond motifs is 1. The van der Waals surface area contributed by atoms with Crippen LogP contribution in [0.4, 0.5) is 0 Å². The van der Waals surface area contributed by atoms with Crippen LogP contribution in [0.3, 0.4) is 0 Å². The number of carbonyl (C=O) groups excluding carboxylic acids is 1. The number of hydrogen-bond acceptors (Lipinski definition) is 2. The largest absolute Gasteiger partial charge is 0.508 e. The highest BCUT2D eigenvalue weighted by Gasteiger charge is 2.22. The van der Waals surface area contributed by atoms with E-state index in [9.17, 15) is 9.90 Å².